The summed E-state index contributed by atoms with van der Waals surface area (Å²) < 4.78 is 11.9. The van der Waals surface area contributed by atoms with Crippen molar-refractivity contribution in [2.24, 2.45) is 0 Å². The first-order valence-corrected chi connectivity index (χ1v) is 9.67. The zero-order valence-electron chi connectivity index (χ0n) is 15.3. The third-order valence-electron chi connectivity index (χ3n) is 5.43. The largest absolute Gasteiger partial charge is 0.484 e. The Labute approximate surface area is 159 Å². The van der Waals surface area contributed by atoms with E-state index in [9.17, 15) is 0 Å². The standard InChI is InChI=1S/C24H23NO2/c1-3-8-18(9-4-1)23(19-10-5-2-6-11-19)25-16-21(17-25)27-22-13-7-12-20-14-15-26-24(20)22/h1,3-5,7-15,21,23H,2,6,16-17H2. The maximum atomic E-state index is 6.25. The van der Waals surface area contributed by atoms with Crippen LogP contribution in [-0.2, 0) is 0 Å². The lowest BCUT2D eigenvalue weighted by atomic mass is 9.90. The van der Waals surface area contributed by atoms with E-state index < -0.39 is 0 Å². The molecule has 3 nitrogen and oxygen atoms in total. The van der Waals surface area contributed by atoms with Crippen molar-refractivity contribution in [3.63, 3.8) is 0 Å². The summed E-state index contributed by atoms with van der Waals surface area (Å²) in [4.78, 5) is 2.50. The van der Waals surface area contributed by atoms with Gasteiger partial charge in [-0.25, -0.2) is 0 Å². The molecule has 0 radical (unpaired) electrons. The van der Waals surface area contributed by atoms with Gasteiger partial charge in [0, 0.05) is 18.5 Å². The van der Waals surface area contributed by atoms with Crippen LogP contribution in [0.4, 0.5) is 0 Å². The van der Waals surface area contributed by atoms with E-state index >= 15 is 0 Å². The summed E-state index contributed by atoms with van der Waals surface area (Å²) >= 11 is 0. The fraction of sp³-hybridized carbons (Fsp3) is 0.250. The van der Waals surface area contributed by atoms with Gasteiger partial charge in [-0.1, -0.05) is 60.7 Å². The second kappa shape index (κ2) is 7.09. The number of ether oxygens (including phenoxy) is 1. The Hall–Kier alpha value is -2.78. The third kappa shape index (κ3) is 3.19. The van der Waals surface area contributed by atoms with Crippen LogP contribution in [0.5, 0.6) is 5.75 Å². The molecule has 27 heavy (non-hydrogen) atoms. The Balaban J connectivity index is 1.33. The number of para-hydroxylation sites is 1. The second-order valence-electron chi connectivity index (χ2n) is 7.29. The van der Waals surface area contributed by atoms with Gasteiger partial charge in [-0.2, -0.15) is 0 Å². The quantitative estimate of drug-likeness (QED) is 0.602. The molecule has 3 aromatic rings. The maximum Gasteiger partial charge on any atom is 0.175 e. The summed E-state index contributed by atoms with van der Waals surface area (Å²) in [6, 6.07) is 19.1. The first-order valence-electron chi connectivity index (χ1n) is 9.67. The predicted molar refractivity (Wildman–Crippen MR) is 108 cm³/mol. The van der Waals surface area contributed by atoms with Gasteiger partial charge in [0.1, 0.15) is 6.10 Å². The van der Waals surface area contributed by atoms with Gasteiger partial charge < -0.3 is 9.15 Å². The van der Waals surface area contributed by atoms with Crippen LogP contribution in [0.25, 0.3) is 11.0 Å². The third-order valence-corrected chi connectivity index (χ3v) is 5.43. The summed E-state index contributed by atoms with van der Waals surface area (Å²) in [5, 5.41) is 1.09. The zero-order valence-corrected chi connectivity index (χ0v) is 15.3. The molecule has 1 atom stereocenters. The van der Waals surface area contributed by atoms with Crippen molar-refractivity contribution in [3.8, 4) is 5.75 Å². The molecule has 3 heteroatoms. The molecule has 1 aromatic heterocycles. The molecule has 0 amide bonds. The Morgan fingerprint density at radius 1 is 0.963 bits per heavy atom. The Morgan fingerprint density at radius 2 is 1.85 bits per heavy atom. The van der Waals surface area contributed by atoms with E-state index in [4.69, 9.17) is 9.15 Å². The normalized spacial score (nSPS) is 18.9. The summed E-state index contributed by atoms with van der Waals surface area (Å²) in [7, 11) is 0. The van der Waals surface area contributed by atoms with Gasteiger partial charge in [-0.3, -0.25) is 4.90 Å². The monoisotopic (exact) mass is 357 g/mol. The molecule has 2 aliphatic rings. The molecule has 1 saturated heterocycles. The van der Waals surface area contributed by atoms with Gasteiger partial charge in [0.05, 0.1) is 12.3 Å². The van der Waals surface area contributed by atoms with Crippen LogP contribution in [0.3, 0.4) is 0 Å². The highest BCUT2D eigenvalue weighted by atomic mass is 16.5. The highest BCUT2D eigenvalue weighted by molar-refractivity contribution is 5.82. The van der Waals surface area contributed by atoms with Gasteiger partial charge in [-0.15, -0.1) is 0 Å². The minimum atomic E-state index is 0.195. The smallest absolute Gasteiger partial charge is 0.175 e. The van der Waals surface area contributed by atoms with E-state index in [1.165, 1.54) is 11.1 Å². The van der Waals surface area contributed by atoms with Crippen molar-refractivity contribution < 1.29 is 9.15 Å². The Bertz CT molecular complexity index is 980. The van der Waals surface area contributed by atoms with Crippen molar-refractivity contribution in [2.45, 2.75) is 25.0 Å². The van der Waals surface area contributed by atoms with Crippen LogP contribution in [0, 0.1) is 0 Å². The SMILES string of the molecule is C1=CC(C(c2ccccc2)N2CC(Oc3cccc4ccoc34)C2)=CCC1. The summed E-state index contributed by atoms with van der Waals surface area (Å²) in [5.74, 6) is 0.843. The minimum Gasteiger partial charge on any atom is -0.484 e. The van der Waals surface area contributed by atoms with Crippen LogP contribution in [0.2, 0.25) is 0 Å². The fourth-order valence-electron chi connectivity index (χ4n) is 4.08. The highest BCUT2D eigenvalue weighted by Gasteiger charge is 2.36. The number of benzene rings is 2. The predicted octanol–water partition coefficient (Wildman–Crippen LogP) is 5.51. The van der Waals surface area contributed by atoms with Crippen LogP contribution < -0.4 is 4.74 Å². The summed E-state index contributed by atoms with van der Waals surface area (Å²) in [5.41, 5.74) is 3.59. The van der Waals surface area contributed by atoms with Gasteiger partial charge in [-0.05, 0) is 36.1 Å². The minimum absolute atomic E-state index is 0.195. The topological polar surface area (TPSA) is 25.6 Å². The number of nitrogens with zero attached hydrogens (tertiary/aromatic N) is 1. The molecule has 1 aliphatic heterocycles. The molecule has 1 fully saturated rings. The average Bonchev–Trinajstić information content (AvgIpc) is 3.18. The molecule has 0 N–H and O–H groups in total. The van der Waals surface area contributed by atoms with Crippen molar-refractivity contribution in [1.82, 2.24) is 4.90 Å². The number of furan rings is 1. The number of hydrogen-bond acceptors (Lipinski definition) is 3. The van der Waals surface area contributed by atoms with Gasteiger partial charge in [0.15, 0.2) is 11.3 Å². The first-order chi connectivity index (χ1) is 13.4. The van der Waals surface area contributed by atoms with E-state index in [0.717, 1.165) is 42.6 Å². The molecule has 0 bridgehead atoms. The first kappa shape index (κ1) is 16.4. The fourth-order valence-corrected chi connectivity index (χ4v) is 4.08. The number of fused-ring (bicyclic) bond motifs is 1. The highest BCUT2D eigenvalue weighted by Crippen LogP contribution is 2.36. The zero-order chi connectivity index (χ0) is 18.1. The second-order valence-corrected chi connectivity index (χ2v) is 7.29. The molecular weight excluding hydrogens is 334 g/mol. The van der Waals surface area contributed by atoms with Crippen LogP contribution in [0.1, 0.15) is 24.4 Å². The van der Waals surface area contributed by atoms with Gasteiger partial charge in [0.2, 0.25) is 0 Å². The summed E-state index contributed by atoms with van der Waals surface area (Å²) in [6.07, 6.45) is 11.1. The van der Waals surface area contributed by atoms with Gasteiger partial charge >= 0.3 is 0 Å². The lowest BCUT2D eigenvalue weighted by molar-refractivity contribution is 0.000334. The van der Waals surface area contributed by atoms with E-state index in [2.05, 4.69) is 53.5 Å². The van der Waals surface area contributed by atoms with Gasteiger partial charge in [0.25, 0.3) is 0 Å². The lowest BCUT2D eigenvalue weighted by Gasteiger charge is -2.44. The molecule has 5 rings (SSSR count). The molecule has 2 heterocycles. The number of rotatable bonds is 5. The maximum absolute atomic E-state index is 6.25. The molecule has 1 unspecified atom stereocenters. The molecule has 2 aromatic carbocycles. The number of likely N-dealkylation sites (tertiary alicyclic amines) is 1. The molecule has 136 valence electrons. The Morgan fingerprint density at radius 3 is 2.67 bits per heavy atom. The summed E-state index contributed by atoms with van der Waals surface area (Å²) in [6.45, 7) is 1.84. The average molecular weight is 357 g/mol. The van der Waals surface area contributed by atoms with Crippen LogP contribution >= 0.6 is 0 Å². The number of hydrogen-bond donors (Lipinski definition) is 0. The van der Waals surface area contributed by atoms with Crippen LogP contribution in [-0.4, -0.2) is 24.1 Å². The molecule has 1 aliphatic carbocycles. The van der Waals surface area contributed by atoms with E-state index in [0.29, 0.717) is 6.04 Å². The Kier molecular flexibility index (Phi) is 4.30. The molecule has 0 saturated carbocycles. The lowest BCUT2D eigenvalue weighted by Crippen LogP contribution is -2.55. The molecular formula is C24H23NO2. The van der Waals surface area contributed by atoms with Crippen molar-refractivity contribution in [3.05, 3.63) is 90.2 Å². The van der Waals surface area contributed by atoms with E-state index in [-0.39, 0.29) is 6.10 Å². The van der Waals surface area contributed by atoms with E-state index in [1.54, 1.807) is 6.26 Å². The van der Waals surface area contributed by atoms with Crippen molar-refractivity contribution >= 4 is 11.0 Å². The van der Waals surface area contributed by atoms with Crippen molar-refractivity contribution in [2.75, 3.05) is 13.1 Å². The van der Waals surface area contributed by atoms with Crippen molar-refractivity contribution in [1.29, 1.82) is 0 Å². The number of allylic oxidation sites excluding steroid dienone is 2. The van der Waals surface area contributed by atoms with E-state index in [1.807, 2.05) is 24.3 Å². The molecule has 0 spiro atoms. The van der Waals surface area contributed by atoms with Crippen LogP contribution in [0.15, 0.2) is 89.1 Å².